The number of carbonyl (C=O) groups is 3. The van der Waals surface area contributed by atoms with Crippen LogP contribution < -0.4 is 0 Å². The molecule has 0 rings (SSSR count). The second-order valence-corrected chi connectivity index (χ2v) is 24.1. The standard InChI is InChI=1S/C76H136O6/c1-4-7-10-13-16-19-22-25-28-31-33-35-36-37-38-39-40-42-43-45-48-51-54-57-60-63-66-69-75(78)81-72-73(71-80-74(77)68-65-62-59-56-53-50-47-30-27-24-21-18-15-12-9-6-3)82-76(79)70-67-64-61-58-55-52-49-46-44-41-34-32-29-26-23-20-17-14-11-8-5-2/h7,10,16,19,25,28,33,35,37-38,40,42,73H,4-6,8-9,11-15,17-18,20-24,26-27,29-32,34,36,39,41,43-72H2,1-3H3/b10-7-,19-16-,28-25-,35-33-,38-37-,42-40-. The maximum absolute atomic E-state index is 13.0. The lowest BCUT2D eigenvalue weighted by molar-refractivity contribution is -0.167. The maximum atomic E-state index is 13.0. The van der Waals surface area contributed by atoms with Crippen LogP contribution in [0, 0.1) is 0 Å². The molecule has 0 spiro atoms. The second kappa shape index (κ2) is 70.3. The highest BCUT2D eigenvalue weighted by atomic mass is 16.6. The number of esters is 3. The normalized spacial score (nSPS) is 12.5. The zero-order valence-corrected chi connectivity index (χ0v) is 54.8. The van der Waals surface area contributed by atoms with Crippen molar-refractivity contribution in [3.8, 4) is 0 Å². The van der Waals surface area contributed by atoms with Gasteiger partial charge in [-0.05, 0) is 70.6 Å². The number of hydrogen-bond acceptors (Lipinski definition) is 6. The van der Waals surface area contributed by atoms with Crippen LogP contribution in [0.4, 0.5) is 0 Å². The largest absolute Gasteiger partial charge is 0.462 e. The van der Waals surface area contributed by atoms with Gasteiger partial charge in [0.15, 0.2) is 6.10 Å². The van der Waals surface area contributed by atoms with E-state index in [0.29, 0.717) is 19.3 Å². The first-order valence-electron chi connectivity index (χ1n) is 35.9. The Balaban J connectivity index is 4.32. The van der Waals surface area contributed by atoms with Crippen molar-refractivity contribution in [1.29, 1.82) is 0 Å². The number of ether oxygens (including phenoxy) is 3. The monoisotopic (exact) mass is 1150 g/mol. The van der Waals surface area contributed by atoms with Gasteiger partial charge in [-0.3, -0.25) is 14.4 Å². The van der Waals surface area contributed by atoms with Gasteiger partial charge in [-0.25, -0.2) is 0 Å². The third-order valence-electron chi connectivity index (χ3n) is 16.0. The lowest BCUT2D eigenvalue weighted by atomic mass is 10.0. The molecular formula is C76H136O6. The van der Waals surface area contributed by atoms with Crippen LogP contribution in [0.25, 0.3) is 0 Å². The Morgan fingerprint density at radius 3 is 0.744 bits per heavy atom. The van der Waals surface area contributed by atoms with Crippen molar-refractivity contribution >= 4 is 17.9 Å². The fourth-order valence-electron chi connectivity index (χ4n) is 10.6. The van der Waals surface area contributed by atoms with Gasteiger partial charge in [0.25, 0.3) is 0 Å². The molecule has 1 unspecified atom stereocenters. The number of unbranched alkanes of at least 4 members (excludes halogenated alkanes) is 43. The Morgan fingerprint density at radius 2 is 0.476 bits per heavy atom. The first-order valence-corrected chi connectivity index (χ1v) is 35.9. The molecule has 476 valence electrons. The van der Waals surface area contributed by atoms with Crippen molar-refractivity contribution < 1.29 is 28.6 Å². The topological polar surface area (TPSA) is 78.9 Å². The molecule has 0 aromatic rings. The van der Waals surface area contributed by atoms with E-state index >= 15 is 0 Å². The molecular weight excluding hydrogens is 1010 g/mol. The quantitative estimate of drug-likeness (QED) is 0.0261. The van der Waals surface area contributed by atoms with Gasteiger partial charge in [-0.15, -0.1) is 0 Å². The Kier molecular flexibility index (Phi) is 67.6. The summed E-state index contributed by atoms with van der Waals surface area (Å²) in [6.07, 6.45) is 92.1. The molecule has 1 atom stereocenters. The molecule has 0 aliphatic heterocycles. The van der Waals surface area contributed by atoms with E-state index in [1.165, 1.54) is 231 Å². The van der Waals surface area contributed by atoms with Gasteiger partial charge < -0.3 is 14.2 Å². The molecule has 0 bridgehead atoms. The molecule has 0 N–H and O–H groups in total. The van der Waals surface area contributed by atoms with Crippen molar-refractivity contribution in [2.45, 2.75) is 380 Å². The van der Waals surface area contributed by atoms with E-state index in [1.54, 1.807) is 0 Å². The van der Waals surface area contributed by atoms with Crippen LogP contribution in [-0.4, -0.2) is 37.2 Å². The van der Waals surface area contributed by atoms with Crippen molar-refractivity contribution in [1.82, 2.24) is 0 Å². The highest BCUT2D eigenvalue weighted by molar-refractivity contribution is 5.71. The van der Waals surface area contributed by atoms with Crippen molar-refractivity contribution in [3.63, 3.8) is 0 Å². The molecule has 0 saturated heterocycles. The van der Waals surface area contributed by atoms with Crippen LogP contribution in [0.2, 0.25) is 0 Å². The average molecular weight is 1150 g/mol. The minimum Gasteiger partial charge on any atom is -0.462 e. The summed E-state index contributed by atoms with van der Waals surface area (Å²) in [5, 5.41) is 0. The van der Waals surface area contributed by atoms with Gasteiger partial charge >= 0.3 is 17.9 Å². The zero-order valence-electron chi connectivity index (χ0n) is 54.8. The summed E-state index contributed by atoms with van der Waals surface area (Å²) in [6.45, 7) is 6.59. The lowest BCUT2D eigenvalue weighted by Gasteiger charge is -2.18. The molecule has 0 aliphatic carbocycles. The molecule has 0 fully saturated rings. The van der Waals surface area contributed by atoms with Gasteiger partial charge in [-0.2, -0.15) is 0 Å². The highest BCUT2D eigenvalue weighted by Crippen LogP contribution is 2.18. The highest BCUT2D eigenvalue weighted by Gasteiger charge is 2.19. The molecule has 0 aromatic heterocycles. The van der Waals surface area contributed by atoms with Crippen LogP contribution >= 0.6 is 0 Å². The molecule has 6 nitrogen and oxygen atoms in total. The number of allylic oxidation sites excluding steroid dienone is 12. The van der Waals surface area contributed by atoms with Gasteiger partial charge in [0.05, 0.1) is 0 Å². The van der Waals surface area contributed by atoms with E-state index in [4.69, 9.17) is 14.2 Å². The summed E-state index contributed by atoms with van der Waals surface area (Å²) in [5.74, 6) is -0.854. The Morgan fingerprint density at radius 1 is 0.256 bits per heavy atom. The molecule has 0 aliphatic rings. The molecule has 0 aromatic carbocycles. The van der Waals surface area contributed by atoms with E-state index in [1.807, 2.05) is 0 Å². The van der Waals surface area contributed by atoms with Gasteiger partial charge in [0, 0.05) is 19.3 Å². The number of carbonyl (C=O) groups excluding carboxylic acids is 3. The van der Waals surface area contributed by atoms with E-state index in [2.05, 4.69) is 93.7 Å². The summed E-state index contributed by atoms with van der Waals surface area (Å²) >= 11 is 0. The SMILES string of the molecule is CC/C=C\C/C=C\C/C=C\C/C=C\C/C=C\C/C=C\CCCCCCCCCCC(=O)OCC(COC(=O)CCCCCCCCCCCCCCCCCC)OC(=O)CCCCCCCCCCCCCCCCCCCCCCC. The fourth-order valence-corrected chi connectivity index (χ4v) is 10.6. The van der Waals surface area contributed by atoms with Gasteiger partial charge in [0.2, 0.25) is 0 Å². The fraction of sp³-hybridized carbons (Fsp3) is 0.803. The Labute approximate surface area is 510 Å². The third-order valence-corrected chi connectivity index (χ3v) is 16.0. The maximum Gasteiger partial charge on any atom is 0.306 e. The number of rotatable bonds is 66. The molecule has 82 heavy (non-hydrogen) atoms. The molecule has 0 amide bonds. The molecule has 0 heterocycles. The summed E-state index contributed by atoms with van der Waals surface area (Å²) in [5.41, 5.74) is 0. The van der Waals surface area contributed by atoms with Gasteiger partial charge in [-0.1, -0.05) is 357 Å². The van der Waals surface area contributed by atoms with Crippen molar-refractivity contribution in [2.24, 2.45) is 0 Å². The van der Waals surface area contributed by atoms with Crippen molar-refractivity contribution in [2.75, 3.05) is 13.2 Å². The predicted octanol–water partition coefficient (Wildman–Crippen LogP) is 24.8. The minimum absolute atomic E-state index is 0.0720. The molecule has 6 heteroatoms. The van der Waals surface area contributed by atoms with Crippen LogP contribution in [0.15, 0.2) is 72.9 Å². The smallest absolute Gasteiger partial charge is 0.306 e. The average Bonchev–Trinajstić information content (AvgIpc) is 3.47. The summed E-state index contributed by atoms with van der Waals surface area (Å²) in [7, 11) is 0. The molecule has 0 radical (unpaired) electrons. The number of hydrogen-bond donors (Lipinski definition) is 0. The third kappa shape index (κ3) is 67.6. The van der Waals surface area contributed by atoms with Crippen LogP contribution in [-0.2, 0) is 28.6 Å². The van der Waals surface area contributed by atoms with Crippen LogP contribution in [0.1, 0.15) is 374 Å². The van der Waals surface area contributed by atoms with E-state index < -0.39 is 6.10 Å². The summed E-state index contributed by atoms with van der Waals surface area (Å²) in [4.78, 5) is 38.5. The molecule has 0 saturated carbocycles. The van der Waals surface area contributed by atoms with Crippen LogP contribution in [0.5, 0.6) is 0 Å². The van der Waals surface area contributed by atoms with E-state index in [-0.39, 0.29) is 31.1 Å². The van der Waals surface area contributed by atoms with Crippen LogP contribution in [0.3, 0.4) is 0 Å². The van der Waals surface area contributed by atoms with E-state index in [9.17, 15) is 14.4 Å². The lowest BCUT2D eigenvalue weighted by Crippen LogP contribution is -2.30. The minimum atomic E-state index is -0.777. The van der Waals surface area contributed by atoms with Crippen molar-refractivity contribution in [3.05, 3.63) is 72.9 Å². The first kappa shape index (κ1) is 78.8. The Hall–Kier alpha value is -3.15. The van der Waals surface area contributed by atoms with E-state index in [0.717, 1.165) is 103 Å². The summed E-state index contributed by atoms with van der Waals surface area (Å²) < 4.78 is 17.0. The van der Waals surface area contributed by atoms with Gasteiger partial charge in [0.1, 0.15) is 13.2 Å². The Bertz CT molecular complexity index is 1500. The predicted molar refractivity (Wildman–Crippen MR) is 358 cm³/mol. The first-order chi connectivity index (χ1) is 40.5. The second-order valence-electron chi connectivity index (χ2n) is 24.1. The summed E-state index contributed by atoms with van der Waals surface area (Å²) in [6, 6.07) is 0. The zero-order chi connectivity index (χ0) is 59.2.